The second-order valence-corrected chi connectivity index (χ2v) is 7.73. The van der Waals surface area contributed by atoms with Crippen molar-refractivity contribution in [2.24, 2.45) is 5.92 Å². The van der Waals surface area contributed by atoms with Crippen LogP contribution in [0, 0.1) is 12.8 Å². The zero-order valence-electron chi connectivity index (χ0n) is 15.4. The molecule has 0 atom stereocenters. The molecule has 2 aromatic carbocycles. The standard InChI is InChI=1S/C22H27N2O2/c1-18-7-9-21(10-8-18)23(17-20-5-3-2-4-6-20)22(25)26-24-14-11-19(12-15-24)13-16-24/h2-10,19H,11-17H2,1H3/q+1. The van der Waals surface area contributed by atoms with Crippen LogP contribution in [0.3, 0.4) is 0 Å². The lowest BCUT2D eigenvalue weighted by Gasteiger charge is -2.45. The van der Waals surface area contributed by atoms with Gasteiger partial charge in [0, 0.05) is 24.9 Å². The van der Waals surface area contributed by atoms with Gasteiger partial charge >= 0.3 is 6.09 Å². The summed E-state index contributed by atoms with van der Waals surface area (Å²) < 4.78 is 0.506. The van der Waals surface area contributed by atoms with Gasteiger partial charge in [0.15, 0.2) is 0 Å². The highest BCUT2D eigenvalue weighted by Gasteiger charge is 2.44. The Balaban J connectivity index is 1.57. The minimum absolute atomic E-state index is 0.238. The molecule has 1 amide bonds. The maximum absolute atomic E-state index is 13.2. The number of quaternary nitrogens is 1. The number of amides is 1. The van der Waals surface area contributed by atoms with E-state index in [-0.39, 0.29) is 6.09 Å². The zero-order valence-corrected chi connectivity index (χ0v) is 15.4. The van der Waals surface area contributed by atoms with Crippen LogP contribution in [-0.4, -0.2) is 30.4 Å². The first-order valence-electron chi connectivity index (χ1n) is 9.61. The molecule has 3 fully saturated rings. The van der Waals surface area contributed by atoms with Crippen LogP contribution in [0.5, 0.6) is 0 Å². The van der Waals surface area contributed by atoms with E-state index in [2.05, 4.69) is 6.92 Å². The molecule has 5 rings (SSSR count). The van der Waals surface area contributed by atoms with Crippen LogP contribution in [0.2, 0.25) is 0 Å². The highest BCUT2D eigenvalue weighted by atomic mass is 16.8. The second-order valence-electron chi connectivity index (χ2n) is 7.73. The largest absolute Gasteiger partial charge is 0.469 e. The van der Waals surface area contributed by atoms with Crippen molar-refractivity contribution in [1.82, 2.24) is 0 Å². The maximum Gasteiger partial charge on any atom is 0.469 e. The molecule has 0 radical (unpaired) electrons. The molecule has 26 heavy (non-hydrogen) atoms. The lowest BCUT2D eigenvalue weighted by molar-refractivity contribution is -1.10. The predicted octanol–water partition coefficient (Wildman–Crippen LogP) is 4.68. The van der Waals surface area contributed by atoms with Crippen LogP contribution < -0.4 is 4.90 Å². The number of carbonyl (C=O) groups excluding carboxylic acids is 1. The zero-order chi connectivity index (χ0) is 18.0. The third-order valence-corrected chi connectivity index (χ3v) is 5.86. The number of fused-ring (bicyclic) bond motifs is 3. The van der Waals surface area contributed by atoms with E-state index < -0.39 is 0 Å². The molecule has 0 spiro atoms. The van der Waals surface area contributed by atoms with Gasteiger partial charge in [-0.25, -0.2) is 4.79 Å². The van der Waals surface area contributed by atoms with E-state index in [0.29, 0.717) is 11.2 Å². The number of anilines is 1. The molecule has 2 bridgehead atoms. The summed E-state index contributed by atoms with van der Waals surface area (Å²) in [5, 5.41) is 0. The molecular formula is C22H27N2O2+. The molecule has 3 heterocycles. The summed E-state index contributed by atoms with van der Waals surface area (Å²) in [4.78, 5) is 21.0. The molecule has 0 aromatic heterocycles. The number of benzene rings is 2. The number of aryl methyl sites for hydroxylation is 1. The van der Waals surface area contributed by atoms with Crippen LogP contribution in [0.25, 0.3) is 0 Å². The highest BCUT2D eigenvalue weighted by Crippen LogP contribution is 2.34. The average molecular weight is 351 g/mol. The number of carbonyl (C=O) groups is 1. The van der Waals surface area contributed by atoms with Gasteiger partial charge < -0.3 is 0 Å². The highest BCUT2D eigenvalue weighted by molar-refractivity contribution is 5.87. The van der Waals surface area contributed by atoms with Crippen LogP contribution in [0.4, 0.5) is 10.5 Å². The van der Waals surface area contributed by atoms with Crippen molar-refractivity contribution in [2.75, 3.05) is 24.5 Å². The number of piperidine rings is 3. The van der Waals surface area contributed by atoms with Crippen molar-refractivity contribution in [3.8, 4) is 0 Å². The summed E-state index contributed by atoms with van der Waals surface area (Å²) >= 11 is 0. The Morgan fingerprint density at radius 1 is 1.00 bits per heavy atom. The Kier molecular flexibility index (Phi) is 4.68. The number of hydrogen-bond donors (Lipinski definition) is 0. The lowest BCUT2D eigenvalue weighted by Crippen LogP contribution is -2.60. The van der Waals surface area contributed by atoms with Gasteiger partial charge in [0.05, 0.1) is 6.54 Å². The molecule has 3 aliphatic rings. The minimum atomic E-state index is -0.238. The number of nitrogens with zero attached hydrogens (tertiary/aromatic N) is 2. The van der Waals surface area contributed by atoms with Gasteiger partial charge in [0.2, 0.25) is 0 Å². The number of rotatable bonds is 4. The number of hydroxylamine groups is 3. The summed E-state index contributed by atoms with van der Waals surface area (Å²) in [6, 6.07) is 18.2. The van der Waals surface area contributed by atoms with Gasteiger partial charge in [0.1, 0.15) is 19.6 Å². The Hall–Kier alpha value is -2.33. The van der Waals surface area contributed by atoms with Crippen LogP contribution in [0.1, 0.15) is 30.4 Å². The van der Waals surface area contributed by atoms with Crippen LogP contribution in [0.15, 0.2) is 54.6 Å². The van der Waals surface area contributed by atoms with Crippen molar-refractivity contribution >= 4 is 11.8 Å². The first-order valence-corrected chi connectivity index (χ1v) is 9.61. The van der Waals surface area contributed by atoms with Gasteiger partial charge in [-0.2, -0.15) is 0 Å². The Morgan fingerprint density at radius 3 is 2.23 bits per heavy atom. The Labute approximate surface area is 155 Å². The van der Waals surface area contributed by atoms with Gasteiger partial charge in [-0.15, -0.1) is 4.65 Å². The van der Waals surface area contributed by atoms with Gasteiger partial charge in [0.25, 0.3) is 0 Å². The second kappa shape index (κ2) is 7.12. The van der Waals surface area contributed by atoms with E-state index in [0.717, 1.165) is 36.8 Å². The van der Waals surface area contributed by atoms with Crippen molar-refractivity contribution < 1.29 is 14.3 Å². The SMILES string of the molecule is Cc1ccc(N(Cc2ccccc2)C(=O)O[N+]23CCC(CC2)CC3)cc1. The fourth-order valence-electron chi connectivity index (χ4n) is 4.13. The summed E-state index contributed by atoms with van der Waals surface area (Å²) in [6.07, 6.45) is 3.29. The van der Waals surface area contributed by atoms with Crippen molar-refractivity contribution in [3.05, 3.63) is 65.7 Å². The van der Waals surface area contributed by atoms with Crippen LogP contribution >= 0.6 is 0 Å². The fraction of sp³-hybridized carbons (Fsp3) is 0.409. The molecule has 0 unspecified atom stereocenters. The van der Waals surface area contributed by atoms with E-state index >= 15 is 0 Å². The third kappa shape index (κ3) is 3.61. The van der Waals surface area contributed by atoms with E-state index in [1.165, 1.54) is 24.8 Å². The molecule has 3 aliphatic heterocycles. The maximum atomic E-state index is 13.2. The molecule has 4 nitrogen and oxygen atoms in total. The predicted molar refractivity (Wildman–Crippen MR) is 102 cm³/mol. The van der Waals surface area contributed by atoms with Crippen molar-refractivity contribution in [2.45, 2.75) is 32.7 Å². The van der Waals surface area contributed by atoms with E-state index in [4.69, 9.17) is 4.84 Å². The van der Waals surface area contributed by atoms with E-state index in [1.807, 2.05) is 54.6 Å². The molecular weight excluding hydrogens is 324 g/mol. The smallest absolute Gasteiger partial charge is 0.269 e. The van der Waals surface area contributed by atoms with Crippen molar-refractivity contribution in [1.29, 1.82) is 0 Å². The van der Waals surface area contributed by atoms with Gasteiger partial charge in [-0.1, -0.05) is 48.0 Å². The normalized spacial score (nSPS) is 24.3. The lowest BCUT2D eigenvalue weighted by atomic mass is 9.88. The molecule has 4 heteroatoms. The molecule has 2 aromatic rings. The van der Waals surface area contributed by atoms with E-state index in [1.54, 1.807) is 4.90 Å². The van der Waals surface area contributed by atoms with Gasteiger partial charge in [-0.05, 0) is 30.5 Å². The first-order chi connectivity index (χ1) is 12.6. The fourth-order valence-corrected chi connectivity index (χ4v) is 4.13. The summed E-state index contributed by atoms with van der Waals surface area (Å²) in [7, 11) is 0. The molecule has 0 saturated carbocycles. The quantitative estimate of drug-likeness (QED) is 0.748. The Bertz CT molecular complexity index is 736. The first kappa shape index (κ1) is 17.1. The Morgan fingerprint density at radius 2 is 1.62 bits per heavy atom. The summed E-state index contributed by atoms with van der Waals surface area (Å²) in [6.45, 7) is 5.46. The minimum Gasteiger partial charge on any atom is -0.269 e. The van der Waals surface area contributed by atoms with Crippen LogP contribution in [-0.2, 0) is 11.4 Å². The average Bonchev–Trinajstić information content (AvgIpc) is 2.69. The van der Waals surface area contributed by atoms with Crippen molar-refractivity contribution in [3.63, 3.8) is 0 Å². The molecule has 0 N–H and O–H groups in total. The van der Waals surface area contributed by atoms with Gasteiger partial charge in [-0.3, -0.25) is 9.74 Å². The molecule has 3 saturated heterocycles. The van der Waals surface area contributed by atoms with E-state index in [9.17, 15) is 4.79 Å². The third-order valence-electron chi connectivity index (χ3n) is 5.86. The molecule has 0 aliphatic carbocycles. The topological polar surface area (TPSA) is 29.5 Å². The summed E-state index contributed by atoms with van der Waals surface area (Å²) in [5.41, 5.74) is 3.17. The molecule has 136 valence electrons. The number of hydrogen-bond acceptors (Lipinski definition) is 2. The summed E-state index contributed by atoms with van der Waals surface area (Å²) in [5.74, 6) is 0.839. The monoisotopic (exact) mass is 351 g/mol.